The Kier molecular flexibility index (Phi) is 22.4. The summed E-state index contributed by atoms with van der Waals surface area (Å²) < 4.78 is 51.7. The van der Waals surface area contributed by atoms with Gasteiger partial charge in [-0.3, -0.25) is 9.59 Å². The van der Waals surface area contributed by atoms with Crippen molar-refractivity contribution in [3.05, 3.63) is 95.7 Å². The lowest BCUT2D eigenvalue weighted by molar-refractivity contribution is -0.442. The smallest absolute Gasteiger partial charge is 0.305 e. The SMILES string of the molecule is CC1(C)C(/C=C/C=C/C=C2/N(CCOCCOCCOCCOCCOC=O)c3ccccc3C2(C)C)=[N+](CCOCCOCCOCCOCCC(=O)O)c2ccccc21. The molecule has 2 aliphatic heterocycles. The van der Waals surface area contributed by atoms with Crippen LogP contribution in [0.15, 0.2) is 84.6 Å². The van der Waals surface area contributed by atoms with Crippen LogP contribution in [0.1, 0.15) is 45.2 Å². The lowest BCUT2D eigenvalue weighted by Crippen LogP contribution is -2.29. The molecule has 0 amide bonds. The molecular formula is C47H67N2O12+. The molecule has 0 fully saturated rings. The summed E-state index contributed by atoms with van der Waals surface area (Å²) in [6.07, 6.45) is 10.8. The summed E-state index contributed by atoms with van der Waals surface area (Å²) in [7, 11) is 0. The second kappa shape index (κ2) is 27.6. The number of hydrogen-bond donors (Lipinski definition) is 1. The van der Waals surface area contributed by atoms with Crippen LogP contribution in [0, 0.1) is 0 Å². The molecule has 0 saturated carbocycles. The van der Waals surface area contributed by atoms with Crippen LogP contribution in [0.25, 0.3) is 0 Å². The fourth-order valence-electron chi connectivity index (χ4n) is 7.27. The van der Waals surface area contributed by atoms with Gasteiger partial charge in [-0.1, -0.05) is 68.5 Å². The van der Waals surface area contributed by atoms with Gasteiger partial charge in [0.15, 0.2) is 12.3 Å². The molecule has 0 radical (unpaired) electrons. The van der Waals surface area contributed by atoms with Crippen LogP contribution in [0.3, 0.4) is 0 Å². The van der Waals surface area contributed by atoms with Gasteiger partial charge in [-0.25, -0.2) is 0 Å². The highest BCUT2D eigenvalue weighted by Crippen LogP contribution is 2.47. The van der Waals surface area contributed by atoms with E-state index < -0.39 is 5.97 Å². The molecule has 2 aliphatic rings. The quantitative estimate of drug-likeness (QED) is 0.0402. The van der Waals surface area contributed by atoms with E-state index in [1.165, 1.54) is 33.9 Å². The van der Waals surface area contributed by atoms with Gasteiger partial charge in [0, 0.05) is 41.1 Å². The van der Waals surface area contributed by atoms with E-state index in [4.69, 9.17) is 43.0 Å². The van der Waals surface area contributed by atoms with Crippen molar-refractivity contribution >= 4 is 29.5 Å². The second-order valence-electron chi connectivity index (χ2n) is 15.3. The Morgan fingerprint density at radius 3 is 1.70 bits per heavy atom. The lowest BCUT2D eigenvalue weighted by Gasteiger charge is -2.27. The van der Waals surface area contributed by atoms with Crippen molar-refractivity contribution in [2.24, 2.45) is 0 Å². The van der Waals surface area contributed by atoms with Crippen molar-refractivity contribution in [2.45, 2.75) is 44.9 Å². The molecule has 1 N–H and O–H groups in total. The molecule has 0 bridgehead atoms. The number of fused-ring (bicyclic) bond motifs is 2. The van der Waals surface area contributed by atoms with Crippen molar-refractivity contribution in [1.29, 1.82) is 0 Å². The van der Waals surface area contributed by atoms with Crippen molar-refractivity contribution < 1.29 is 61.9 Å². The number of allylic oxidation sites excluding steroid dienone is 6. The summed E-state index contributed by atoms with van der Waals surface area (Å²) >= 11 is 0. The molecule has 336 valence electrons. The molecule has 0 unspecified atom stereocenters. The number of rotatable bonds is 34. The first-order valence-corrected chi connectivity index (χ1v) is 21.3. The van der Waals surface area contributed by atoms with Crippen LogP contribution in [0.2, 0.25) is 0 Å². The maximum Gasteiger partial charge on any atom is 0.305 e. The van der Waals surface area contributed by atoms with Crippen LogP contribution in [-0.4, -0.2) is 153 Å². The number of carboxylic acids is 1. The third kappa shape index (κ3) is 16.2. The van der Waals surface area contributed by atoms with E-state index >= 15 is 0 Å². The third-order valence-electron chi connectivity index (χ3n) is 10.4. The van der Waals surface area contributed by atoms with E-state index in [2.05, 4.69) is 121 Å². The fourth-order valence-corrected chi connectivity index (χ4v) is 7.27. The van der Waals surface area contributed by atoms with Gasteiger partial charge in [0.2, 0.25) is 5.69 Å². The predicted octanol–water partition coefficient (Wildman–Crippen LogP) is 5.64. The molecule has 14 heteroatoms. The number of carbonyl (C=O) groups is 2. The first-order chi connectivity index (χ1) is 29.7. The minimum Gasteiger partial charge on any atom is -0.481 e. The van der Waals surface area contributed by atoms with Crippen LogP contribution in [-0.2, 0) is 63.1 Å². The highest BCUT2D eigenvalue weighted by atomic mass is 16.6. The third-order valence-corrected chi connectivity index (χ3v) is 10.4. The normalized spacial score (nSPS) is 16.0. The van der Waals surface area contributed by atoms with Gasteiger partial charge >= 0.3 is 5.97 Å². The number of hydrogen-bond acceptors (Lipinski definition) is 12. The highest BCUT2D eigenvalue weighted by Gasteiger charge is 2.44. The van der Waals surface area contributed by atoms with Crippen LogP contribution < -0.4 is 4.90 Å². The van der Waals surface area contributed by atoms with Gasteiger partial charge in [0.25, 0.3) is 6.47 Å². The summed E-state index contributed by atoms with van der Waals surface area (Å²) in [5, 5.41) is 8.64. The summed E-state index contributed by atoms with van der Waals surface area (Å²) in [6, 6.07) is 17.2. The molecular weight excluding hydrogens is 785 g/mol. The molecule has 0 aromatic heterocycles. The van der Waals surface area contributed by atoms with E-state index in [-0.39, 0.29) is 30.5 Å². The Morgan fingerprint density at radius 1 is 0.607 bits per heavy atom. The van der Waals surface area contributed by atoms with Crippen molar-refractivity contribution in [2.75, 3.05) is 130 Å². The topological polar surface area (TPSA) is 144 Å². The Balaban J connectivity index is 1.24. The monoisotopic (exact) mass is 851 g/mol. The molecule has 0 aliphatic carbocycles. The molecule has 4 rings (SSSR count). The molecule has 0 saturated heterocycles. The largest absolute Gasteiger partial charge is 0.481 e. The Morgan fingerprint density at radius 2 is 1.11 bits per heavy atom. The first kappa shape index (κ1) is 49.4. The average Bonchev–Trinajstić information content (AvgIpc) is 3.60. The highest BCUT2D eigenvalue weighted by molar-refractivity contribution is 6.03. The summed E-state index contributed by atoms with van der Waals surface area (Å²) in [5.74, 6) is -0.874. The Labute approximate surface area is 361 Å². The number of aliphatic carboxylic acids is 1. The maximum absolute atomic E-state index is 10.5. The number of para-hydroxylation sites is 2. The Hall–Kier alpha value is -4.25. The molecule has 0 spiro atoms. The minimum absolute atomic E-state index is 0.00899. The molecule has 14 nitrogen and oxygen atoms in total. The summed E-state index contributed by atoms with van der Waals surface area (Å²) in [6.45, 7) is 18.2. The van der Waals surface area contributed by atoms with Crippen molar-refractivity contribution in [3.8, 4) is 0 Å². The summed E-state index contributed by atoms with van der Waals surface area (Å²) in [4.78, 5) is 23.0. The Bertz CT molecular complexity index is 1740. The number of anilines is 1. The molecule has 2 aromatic rings. The maximum atomic E-state index is 10.5. The second-order valence-corrected chi connectivity index (χ2v) is 15.3. The van der Waals surface area contributed by atoms with Gasteiger partial charge in [-0.15, -0.1) is 0 Å². The number of carbonyl (C=O) groups excluding carboxylic acids is 1. The number of ether oxygens (including phenoxy) is 9. The minimum atomic E-state index is -0.874. The van der Waals surface area contributed by atoms with E-state index in [0.717, 1.165) is 0 Å². The van der Waals surface area contributed by atoms with Crippen LogP contribution >= 0.6 is 0 Å². The van der Waals surface area contributed by atoms with Gasteiger partial charge in [0.1, 0.15) is 13.2 Å². The van der Waals surface area contributed by atoms with Gasteiger partial charge in [-0.05, 0) is 31.6 Å². The molecule has 61 heavy (non-hydrogen) atoms. The van der Waals surface area contributed by atoms with Gasteiger partial charge in [0.05, 0.1) is 111 Å². The molecule has 2 heterocycles. The van der Waals surface area contributed by atoms with E-state index in [1.807, 2.05) is 0 Å². The van der Waals surface area contributed by atoms with Crippen molar-refractivity contribution in [1.82, 2.24) is 0 Å². The zero-order valence-corrected chi connectivity index (χ0v) is 36.6. The average molecular weight is 852 g/mol. The standard InChI is InChI=1S/C47H66N2O12/c1-46(2)39-12-8-10-14-41(39)48(19-22-54-25-28-57-31-30-56-27-24-53-21-18-45(51)52)43(46)16-6-5-7-17-44-47(3,4)40-13-9-11-15-42(40)49(44)20-23-55-26-29-58-32-33-59-34-35-60-36-37-61-38-50/h5-17,38H,18-37H2,1-4H3/p+1. The zero-order valence-electron chi connectivity index (χ0n) is 36.6. The van der Waals surface area contributed by atoms with Gasteiger partial charge < -0.3 is 52.6 Å². The molecule has 2 aromatic carbocycles. The lowest BCUT2D eigenvalue weighted by atomic mass is 9.81. The predicted molar refractivity (Wildman–Crippen MR) is 233 cm³/mol. The number of nitrogens with zero attached hydrogens (tertiary/aromatic N) is 2. The van der Waals surface area contributed by atoms with E-state index in [0.29, 0.717) is 119 Å². The molecule has 0 atom stereocenters. The van der Waals surface area contributed by atoms with Crippen LogP contribution in [0.4, 0.5) is 11.4 Å². The summed E-state index contributed by atoms with van der Waals surface area (Å²) in [5.41, 5.74) is 7.05. The fraction of sp³-hybridized carbons (Fsp3) is 0.553. The van der Waals surface area contributed by atoms with E-state index in [9.17, 15) is 9.59 Å². The first-order valence-electron chi connectivity index (χ1n) is 21.3. The van der Waals surface area contributed by atoms with Crippen LogP contribution in [0.5, 0.6) is 0 Å². The van der Waals surface area contributed by atoms with Gasteiger partial charge in [-0.2, -0.15) is 4.58 Å². The number of benzene rings is 2. The number of carboxylic acid groups (broad SMARTS) is 1. The van der Waals surface area contributed by atoms with Crippen molar-refractivity contribution in [3.63, 3.8) is 0 Å². The zero-order chi connectivity index (χ0) is 43.6. The van der Waals surface area contributed by atoms with E-state index in [1.54, 1.807) is 0 Å².